The van der Waals surface area contributed by atoms with Gasteiger partial charge in [-0.25, -0.2) is 9.97 Å². The molecule has 5 nitrogen and oxygen atoms in total. The van der Waals surface area contributed by atoms with E-state index >= 15 is 0 Å². The number of thioether (sulfide) groups is 1. The minimum absolute atomic E-state index is 0.0224. The quantitative estimate of drug-likeness (QED) is 0.334. The van der Waals surface area contributed by atoms with Crippen molar-refractivity contribution in [2.75, 3.05) is 30.3 Å². The summed E-state index contributed by atoms with van der Waals surface area (Å²) in [6.45, 7) is 4.90. The van der Waals surface area contributed by atoms with Crippen molar-refractivity contribution < 1.29 is 4.79 Å². The molecule has 2 heterocycles. The summed E-state index contributed by atoms with van der Waals surface area (Å²) < 4.78 is 0. The van der Waals surface area contributed by atoms with Gasteiger partial charge < -0.3 is 10.2 Å². The van der Waals surface area contributed by atoms with E-state index in [1.165, 1.54) is 31.0 Å². The van der Waals surface area contributed by atoms with Crippen molar-refractivity contribution in [3.63, 3.8) is 0 Å². The van der Waals surface area contributed by atoms with E-state index in [0.717, 1.165) is 44.7 Å². The van der Waals surface area contributed by atoms with Crippen molar-refractivity contribution in [1.29, 1.82) is 0 Å². The summed E-state index contributed by atoms with van der Waals surface area (Å²) in [6, 6.07) is 1.81. The highest BCUT2D eigenvalue weighted by atomic mass is 35.5. The van der Waals surface area contributed by atoms with Crippen LogP contribution in [0.2, 0.25) is 5.15 Å². The first kappa shape index (κ1) is 18.3. The monoisotopic (exact) mass is 356 g/mol. The fourth-order valence-electron chi connectivity index (χ4n) is 2.52. The zero-order valence-electron chi connectivity index (χ0n) is 13.7. The minimum Gasteiger partial charge on any atom is -0.356 e. The summed E-state index contributed by atoms with van der Waals surface area (Å²) in [5, 5.41) is 3.93. The van der Waals surface area contributed by atoms with Crippen LogP contribution in [0.25, 0.3) is 0 Å². The second-order valence-corrected chi connectivity index (χ2v) is 7.05. The van der Waals surface area contributed by atoms with Gasteiger partial charge >= 0.3 is 0 Å². The second kappa shape index (κ2) is 9.98. The van der Waals surface area contributed by atoms with Gasteiger partial charge in [-0.2, -0.15) is 0 Å². The third kappa shape index (κ3) is 6.55. The van der Waals surface area contributed by atoms with Gasteiger partial charge in [-0.05, 0) is 25.7 Å². The lowest BCUT2D eigenvalue weighted by Crippen LogP contribution is -2.30. The van der Waals surface area contributed by atoms with Crippen molar-refractivity contribution in [1.82, 2.24) is 15.3 Å². The molecular weight excluding hydrogens is 332 g/mol. The summed E-state index contributed by atoms with van der Waals surface area (Å²) >= 11 is 7.45. The number of nitrogens with one attached hydrogen (secondary N) is 1. The maximum atomic E-state index is 11.8. The van der Waals surface area contributed by atoms with E-state index < -0.39 is 0 Å². The van der Waals surface area contributed by atoms with Gasteiger partial charge in [-0.1, -0.05) is 43.1 Å². The third-order valence-corrected chi connectivity index (χ3v) is 4.82. The summed E-state index contributed by atoms with van der Waals surface area (Å²) in [7, 11) is 0. The molecule has 0 bridgehead atoms. The van der Waals surface area contributed by atoms with Crippen LogP contribution in [-0.2, 0) is 4.79 Å². The highest BCUT2D eigenvalue weighted by Crippen LogP contribution is 2.24. The fraction of sp³-hybridized carbons (Fsp3) is 0.688. The minimum atomic E-state index is 0.0224. The number of amides is 1. The number of aromatic nitrogens is 2. The molecule has 1 aliphatic rings. The Morgan fingerprint density at radius 3 is 2.83 bits per heavy atom. The maximum absolute atomic E-state index is 11.8. The van der Waals surface area contributed by atoms with Gasteiger partial charge in [0.05, 0.1) is 5.75 Å². The Bertz CT molecular complexity index is 509. The largest absolute Gasteiger partial charge is 0.356 e. The fourth-order valence-corrected chi connectivity index (χ4v) is 3.43. The van der Waals surface area contributed by atoms with Crippen LogP contribution in [-0.4, -0.2) is 41.3 Å². The lowest BCUT2D eigenvalue weighted by atomic mass is 10.1. The Hall–Kier alpha value is -1.01. The van der Waals surface area contributed by atoms with Gasteiger partial charge in [0.25, 0.3) is 0 Å². The molecule has 0 radical (unpaired) electrons. The molecule has 2 rings (SSSR count). The van der Waals surface area contributed by atoms with Crippen LogP contribution in [0.5, 0.6) is 0 Å². The topological polar surface area (TPSA) is 58.1 Å². The smallest absolute Gasteiger partial charge is 0.230 e. The standard InChI is InChI=1S/C16H25ClN4OS/c1-2-3-5-8-18-15(22)12-23-16-19-13(17)11-14(20-16)21-9-6-4-7-10-21/h11H,2-10,12H2,1H3,(H,18,22). The number of rotatable bonds is 8. The van der Waals surface area contributed by atoms with Crippen LogP contribution in [0, 0.1) is 0 Å². The Balaban J connectivity index is 1.84. The van der Waals surface area contributed by atoms with Gasteiger partial charge in [0, 0.05) is 25.7 Å². The molecule has 23 heavy (non-hydrogen) atoms. The molecule has 1 aromatic heterocycles. The zero-order chi connectivity index (χ0) is 16.5. The molecule has 1 amide bonds. The molecule has 1 N–H and O–H groups in total. The Morgan fingerprint density at radius 1 is 1.30 bits per heavy atom. The number of piperidine rings is 1. The number of hydrogen-bond donors (Lipinski definition) is 1. The van der Waals surface area contributed by atoms with Crippen LogP contribution in [0.4, 0.5) is 5.82 Å². The van der Waals surface area contributed by atoms with Crippen molar-refractivity contribution in [2.24, 2.45) is 0 Å². The lowest BCUT2D eigenvalue weighted by molar-refractivity contribution is -0.118. The normalized spacial score (nSPS) is 14.8. The number of halogens is 1. The van der Waals surface area contributed by atoms with Gasteiger partial charge in [0.1, 0.15) is 11.0 Å². The van der Waals surface area contributed by atoms with Crippen LogP contribution in [0.1, 0.15) is 45.4 Å². The predicted molar refractivity (Wildman–Crippen MR) is 96.4 cm³/mol. The van der Waals surface area contributed by atoms with Crippen molar-refractivity contribution in [2.45, 2.75) is 50.6 Å². The number of carbonyl (C=O) groups excluding carboxylic acids is 1. The van der Waals surface area contributed by atoms with Crippen molar-refractivity contribution in [3.8, 4) is 0 Å². The highest BCUT2D eigenvalue weighted by Gasteiger charge is 2.15. The van der Waals surface area contributed by atoms with E-state index in [1.54, 1.807) is 0 Å². The highest BCUT2D eigenvalue weighted by molar-refractivity contribution is 7.99. The molecule has 1 fully saturated rings. The van der Waals surface area contributed by atoms with E-state index in [1.807, 2.05) is 6.07 Å². The van der Waals surface area contributed by atoms with Gasteiger partial charge in [0.15, 0.2) is 5.16 Å². The van der Waals surface area contributed by atoms with Crippen molar-refractivity contribution in [3.05, 3.63) is 11.2 Å². The molecule has 0 saturated carbocycles. The molecule has 128 valence electrons. The van der Waals surface area contributed by atoms with E-state index in [0.29, 0.717) is 16.1 Å². The molecule has 1 saturated heterocycles. The molecule has 0 spiro atoms. The first-order valence-corrected chi connectivity index (χ1v) is 9.74. The average Bonchev–Trinajstić information content (AvgIpc) is 2.57. The summed E-state index contributed by atoms with van der Waals surface area (Å²) in [5.41, 5.74) is 0. The Kier molecular flexibility index (Phi) is 7.95. The molecule has 1 aliphatic heterocycles. The van der Waals surface area contributed by atoms with Gasteiger partial charge in [0.2, 0.25) is 5.91 Å². The maximum Gasteiger partial charge on any atom is 0.230 e. The predicted octanol–water partition coefficient (Wildman–Crippen LogP) is 3.52. The van der Waals surface area contributed by atoms with E-state index in [4.69, 9.17) is 11.6 Å². The summed E-state index contributed by atoms with van der Waals surface area (Å²) in [6.07, 6.45) is 6.97. The zero-order valence-corrected chi connectivity index (χ0v) is 15.3. The molecule has 0 unspecified atom stereocenters. The molecule has 0 atom stereocenters. The average molecular weight is 357 g/mol. The number of nitrogens with zero attached hydrogens (tertiary/aromatic N) is 3. The van der Waals surface area contributed by atoms with Gasteiger partial charge in [-0.3, -0.25) is 4.79 Å². The molecule has 1 aromatic rings. The SMILES string of the molecule is CCCCCNC(=O)CSc1nc(Cl)cc(N2CCCCC2)n1. The number of carbonyl (C=O) groups is 1. The number of unbranched alkanes of at least 4 members (excludes halogenated alkanes) is 2. The molecule has 0 aliphatic carbocycles. The summed E-state index contributed by atoms with van der Waals surface area (Å²) in [5.74, 6) is 1.22. The van der Waals surface area contributed by atoms with Crippen LogP contribution in [0.3, 0.4) is 0 Å². The van der Waals surface area contributed by atoms with Gasteiger partial charge in [-0.15, -0.1) is 0 Å². The van der Waals surface area contributed by atoms with Crippen LogP contribution >= 0.6 is 23.4 Å². The first-order chi connectivity index (χ1) is 11.2. The summed E-state index contributed by atoms with van der Waals surface area (Å²) in [4.78, 5) is 22.8. The second-order valence-electron chi connectivity index (χ2n) is 5.72. The molecular formula is C16H25ClN4OS. The first-order valence-electron chi connectivity index (χ1n) is 8.38. The number of hydrogen-bond acceptors (Lipinski definition) is 5. The molecule has 7 heteroatoms. The third-order valence-electron chi connectivity index (χ3n) is 3.78. The Morgan fingerprint density at radius 2 is 2.09 bits per heavy atom. The molecule has 0 aromatic carbocycles. The van der Waals surface area contributed by atoms with Crippen molar-refractivity contribution >= 4 is 35.1 Å². The van der Waals surface area contributed by atoms with E-state index in [-0.39, 0.29) is 5.91 Å². The van der Waals surface area contributed by atoms with Crippen LogP contribution < -0.4 is 10.2 Å². The lowest BCUT2D eigenvalue weighted by Gasteiger charge is -2.27. The van der Waals surface area contributed by atoms with E-state index in [9.17, 15) is 4.79 Å². The van der Waals surface area contributed by atoms with E-state index in [2.05, 4.69) is 27.1 Å². The Labute approximate surface area is 147 Å². The van der Waals surface area contributed by atoms with Crippen LogP contribution in [0.15, 0.2) is 11.2 Å². The number of anilines is 1.